The number of rotatable bonds is 4. The third-order valence-electron chi connectivity index (χ3n) is 2.58. The van der Waals surface area contributed by atoms with Gasteiger partial charge < -0.3 is 9.84 Å². The topological polar surface area (TPSA) is 81.7 Å². The molecule has 0 aliphatic carbocycles. The quantitative estimate of drug-likeness (QED) is 0.779. The molecule has 0 fully saturated rings. The first kappa shape index (κ1) is 12.1. The van der Waals surface area contributed by atoms with Gasteiger partial charge in [-0.05, 0) is 29.5 Å². The van der Waals surface area contributed by atoms with Crippen LogP contribution in [0, 0.1) is 6.92 Å². The molecule has 0 radical (unpaired) electrons. The van der Waals surface area contributed by atoms with Gasteiger partial charge in [-0.3, -0.25) is 0 Å². The van der Waals surface area contributed by atoms with E-state index >= 15 is 0 Å². The number of anilines is 1. The molecule has 1 aromatic carbocycles. The Hall–Kier alpha value is -2.96. The molecule has 0 atom stereocenters. The molecule has 0 saturated heterocycles. The van der Waals surface area contributed by atoms with E-state index in [2.05, 4.69) is 26.0 Å². The number of tetrazole rings is 1. The summed E-state index contributed by atoms with van der Waals surface area (Å²) in [4.78, 5) is 0. The van der Waals surface area contributed by atoms with Crippen LogP contribution >= 0.6 is 0 Å². The first-order valence-corrected chi connectivity index (χ1v) is 6.03. The molecular formula is C13H12N6O. The van der Waals surface area contributed by atoms with E-state index in [4.69, 9.17) is 4.52 Å². The first-order valence-electron chi connectivity index (χ1n) is 6.03. The van der Waals surface area contributed by atoms with Gasteiger partial charge in [0, 0.05) is 18.3 Å². The number of nitrogens with zero attached hydrogens (tertiary/aromatic N) is 5. The third kappa shape index (κ3) is 2.56. The standard InChI is InChI=1S/C13H12N6O/c1-10-9-13(20-16-10)14-8-7-12-15-17-18-19(12)11-5-3-2-4-6-11/h2-9,14H,1H3. The summed E-state index contributed by atoms with van der Waals surface area (Å²) >= 11 is 0. The second-order valence-electron chi connectivity index (χ2n) is 4.09. The minimum Gasteiger partial charge on any atom is -0.338 e. The highest BCUT2D eigenvalue weighted by atomic mass is 16.5. The molecule has 0 aliphatic rings. The summed E-state index contributed by atoms with van der Waals surface area (Å²) in [5.74, 6) is 1.18. The summed E-state index contributed by atoms with van der Waals surface area (Å²) in [5.41, 5.74) is 1.71. The highest BCUT2D eigenvalue weighted by molar-refractivity contribution is 5.48. The van der Waals surface area contributed by atoms with E-state index in [1.165, 1.54) is 0 Å². The van der Waals surface area contributed by atoms with Crippen molar-refractivity contribution in [2.24, 2.45) is 0 Å². The second-order valence-corrected chi connectivity index (χ2v) is 4.09. The first-order chi connectivity index (χ1) is 9.83. The van der Waals surface area contributed by atoms with Crippen molar-refractivity contribution in [3.63, 3.8) is 0 Å². The fraction of sp³-hybridized carbons (Fsp3) is 0.0769. The fourth-order valence-electron chi connectivity index (χ4n) is 1.68. The van der Waals surface area contributed by atoms with Crippen LogP contribution in [0.5, 0.6) is 0 Å². The Balaban J connectivity index is 1.77. The van der Waals surface area contributed by atoms with Crippen LogP contribution in [0.2, 0.25) is 0 Å². The normalized spacial score (nSPS) is 11.1. The monoisotopic (exact) mass is 268 g/mol. The lowest BCUT2D eigenvalue weighted by molar-refractivity contribution is 0.429. The third-order valence-corrected chi connectivity index (χ3v) is 2.58. The molecule has 0 amide bonds. The zero-order valence-corrected chi connectivity index (χ0v) is 10.8. The van der Waals surface area contributed by atoms with Crippen molar-refractivity contribution < 1.29 is 4.52 Å². The molecule has 2 heterocycles. The Kier molecular flexibility index (Phi) is 3.24. The molecule has 1 N–H and O–H groups in total. The SMILES string of the molecule is Cc1cc(NC=Cc2nnnn2-c2ccccc2)on1. The lowest BCUT2D eigenvalue weighted by Gasteiger charge is -2.00. The molecule has 2 aromatic heterocycles. The zero-order chi connectivity index (χ0) is 13.8. The molecule has 100 valence electrons. The van der Waals surface area contributed by atoms with Crippen molar-refractivity contribution in [2.75, 3.05) is 5.32 Å². The molecule has 20 heavy (non-hydrogen) atoms. The average Bonchev–Trinajstić information content (AvgIpc) is 3.09. The summed E-state index contributed by atoms with van der Waals surface area (Å²) < 4.78 is 6.67. The van der Waals surface area contributed by atoms with Crippen molar-refractivity contribution in [3.05, 3.63) is 54.1 Å². The van der Waals surface area contributed by atoms with Crippen LogP contribution < -0.4 is 5.32 Å². The van der Waals surface area contributed by atoms with Crippen molar-refractivity contribution in [3.8, 4) is 5.69 Å². The number of para-hydroxylation sites is 1. The summed E-state index contributed by atoms with van der Waals surface area (Å²) in [6, 6.07) is 11.5. The minimum absolute atomic E-state index is 0.567. The molecule has 0 spiro atoms. The molecule has 0 unspecified atom stereocenters. The summed E-state index contributed by atoms with van der Waals surface area (Å²) in [7, 11) is 0. The van der Waals surface area contributed by atoms with Gasteiger partial charge in [-0.1, -0.05) is 23.4 Å². The molecular weight excluding hydrogens is 256 g/mol. The zero-order valence-electron chi connectivity index (χ0n) is 10.8. The van der Waals surface area contributed by atoms with E-state index in [1.54, 1.807) is 23.0 Å². The predicted molar refractivity (Wildman–Crippen MR) is 73.1 cm³/mol. The fourth-order valence-corrected chi connectivity index (χ4v) is 1.68. The number of aromatic nitrogens is 5. The van der Waals surface area contributed by atoms with Gasteiger partial charge in [0.1, 0.15) is 0 Å². The molecule has 7 nitrogen and oxygen atoms in total. The van der Waals surface area contributed by atoms with E-state index in [0.29, 0.717) is 11.7 Å². The van der Waals surface area contributed by atoms with Crippen molar-refractivity contribution in [1.82, 2.24) is 25.4 Å². The molecule has 0 saturated carbocycles. The maximum absolute atomic E-state index is 5.03. The summed E-state index contributed by atoms with van der Waals surface area (Å²) in [6.45, 7) is 1.86. The molecule has 0 bridgehead atoms. The summed E-state index contributed by atoms with van der Waals surface area (Å²) in [5, 5.41) is 18.3. The molecule has 7 heteroatoms. The van der Waals surface area contributed by atoms with E-state index in [9.17, 15) is 0 Å². The van der Waals surface area contributed by atoms with Crippen molar-refractivity contribution in [2.45, 2.75) is 6.92 Å². The van der Waals surface area contributed by atoms with Gasteiger partial charge >= 0.3 is 0 Å². The van der Waals surface area contributed by atoms with Crippen LogP contribution in [0.3, 0.4) is 0 Å². The van der Waals surface area contributed by atoms with Gasteiger partial charge in [-0.2, -0.15) is 4.68 Å². The van der Waals surface area contributed by atoms with E-state index < -0.39 is 0 Å². The maximum atomic E-state index is 5.03. The Bertz CT molecular complexity index is 715. The lowest BCUT2D eigenvalue weighted by atomic mass is 10.3. The smallest absolute Gasteiger partial charge is 0.228 e. The second kappa shape index (κ2) is 5.35. The van der Waals surface area contributed by atoms with Crippen LogP contribution in [0.15, 0.2) is 47.1 Å². The molecule has 0 aliphatic heterocycles. The number of nitrogens with one attached hydrogen (secondary N) is 1. The Morgan fingerprint density at radius 2 is 2.10 bits per heavy atom. The largest absolute Gasteiger partial charge is 0.338 e. The number of hydrogen-bond acceptors (Lipinski definition) is 6. The van der Waals surface area contributed by atoms with Gasteiger partial charge in [0.25, 0.3) is 0 Å². The van der Waals surface area contributed by atoms with Gasteiger partial charge in [0.05, 0.1) is 11.4 Å². The highest BCUT2D eigenvalue weighted by Crippen LogP contribution is 2.10. The molecule has 3 aromatic rings. The Morgan fingerprint density at radius 3 is 2.85 bits per heavy atom. The Labute approximate surface area is 114 Å². The van der Waals surface area contributed by atoms with Crippen LogP contribution in [0.4, 0.5) is 5.88 Å². The average molecular weight is 268 g/mol. The number of aryl methyl sites for hydroxylation is 1. The van der Waals surface area contributed by atoms with Crippen LogP contribution in [0.1, 0.15) is 11.5 Å². The van der Waals surface area contributed by atoms with Gasteiger partial charge in [-0.25, -0.2) is 0 Å². The van der Waals surface area contributed by atoms with Crippen LogP contribution in [-0.4, -0.2) is 25.4 Å². The van der Waals surface area contributed by atoms with Gasteiger partial charge in [0.2, 0.25) is 5.88 Å². The van der Waals surface area contributed by atoms with Gasteiger partial charge in [0.15, 0.2) is 5.82 Å². The van der Waals surface area contributed by atoms with Gasteiger partial charge in [-0.15, -0.1) is 5.10 Å². The number of hydrogen-bond donors (Lipinski definition) is 1. The number of benzene rings is 1. The predicted octanol–water partition coefficient (Wildman–Crippen LogP) is 2.04. The highest BCUT2D eigenvalue weighted by Gasteiger charge is 2.04. The van der Waals surface area contributed by atoms with E-state index in [1.807, 2.05) is 37.3 Å². The van der Waals surface area contributed by atoms with Crippen LogP contribution in [0.25, 0.3) is 11.8 Å². The van der Waals surface area contributed by atoms with E-state index in [0.717, 1.165) is 11.4 Å². The Morgan fingerprint density at radius 1 is 1.25 bits per heavy atom. The lowest BCUT2D eigenvalue weighted by Crippen LogP contribution is -1.99. The molecule has 3 rings (SSSR count). The van der Waals surface area contributed by atoms with Crippen molar-refractivity contribution >= 4 is 12.0 Å². The minimum atomic E-state index is 0.567. The van der Waals surface area contributed by atoms with E-state index in [-0.39, 0.29) is 0 Å². The van der Waals surface area contributed by atoms with Crippen LogP contribution in [-0.2, 0) is 0 Å². The summed E-state index contributed by atoms with van der Waals surface area (Å²) in [6.07, 6.45) is 3.45. The van der Waals surface area contributed by atoms with Crippen molar-refractivity contribution in [1.29, 1.82) is 0 Å². The maximum Gasteiger partial charge on any atom is 0.228 e.